The summed E-state index contributed by atoms with van der Waals surface area (Å²) in [5, 5.41) is 5.43. The number of hydrogen-bond donors (Lipinski definition) is 1. The molecule has 1 aromatic heterocycles. The topological polar surface area (TPSA) is 15.3 Å². The summed E-state index contributed by atoms with van der Waals surface area (Å²) in [7, 11) is 4.15. The van der Waals surface area contributed by atoms with Gasteiger partial charge in [0.1, 0.15) is 0 Å². The van der Waals surface area contributed by atoms with Crippen LogP contribution in [0.15, 0.2) is 40.2 Å². The fourth-order valence-corrected chi connectivity index (χ4v) is 3.89. The van der Waals surface area contributed by atoms with Gasteiger partial charge in [0.15, 0.2) is 0 Å². The molecule has 1 aromatic carbocycles. The van der Waals surface area contributed by atoms with E-state index in [1.54, 1.807) is 0 Å². The van der Waals surface area contributed by atoms with Crippen LogP contribution in [0, 0.1) is 0 Å². The Kier molecular flexibility index (Phi) is 5.85. The van der Waals surface area contributed by atoms with Gasteiger partial charge in [-0.3, -0.25) is 0 Å². The number of rotatable bonds is 6. The fourth-order valence-electron chi connectivity index (χ4n) is 2.35. The third-order valence-electron chi connectivity index (χ3n) is 4.03. The minimum atomic E-state index is 0.349. The first-order valence-corrected chi connectivity index (χ1v) is 8.92. The summed E-state index contributed by atoms with van der Waals surface area (Å²) in [6, 6.07) is 11.8. The molecular formula is C17H23BrN2S. The van der Waals surface area contributed by atoms with Crippen molar-refractivity contribution in [3.05, 3.63) is 50.6 Å². The van der Waals surface area contributed by atoms with Crippen molar-refractivity contribution >= 4 is 33.0 Å². The molecule has 0 bridgehead atoms. The predicted molar refractivity (Wildman–Crippen MR) is 97.5 cm³/mol. The lowest BCUT2D eigenvalue weighted by Crippen LogP contribution is -2.30. The average Bonchev–Trinajstić information content (AvgIpc) is 2.98. The molecule has 2 atom stereocenters. The van der Waals surface area contributed by atoms with Crippen molar-refractivity contribution in [2.24, 2.45) is 0 Å². The van der Waals surface area contributed by atoms with Gasteiger partial charge in [0.25, 0.3) is 0 Å². The molecule has 114 valence electrons. The molecule has 0 spiro atoms. The fraction of sp³-hybridized carbons (Fsp3) is 0.412. The highest BCUT2D eigenvalue weighted by molar-refractivity contribution is 9.10. The van der Waals surface area contributed by atoms with Crippen molar-refractivity contribution in [1.82, 2.24) is 5.32 Å². The average molecular weight is 367 g/mol. The number of hydrogen-bond acceptors (Lipinski definition) is 3. The second-order valence-electron chi connectivity index (χ2n) is 5.46. The van der Waals surface area contributed by atoms with Crippen LogP contribution < -0.4 is 10.2 Å². The van der Waals surface area contributed by atoms with Gasteiger partial charge in [0, 0.05) is 40.6 Å². The Balaban J connectivity index is 2.12. The minimum absolute atomic E-state index is 0.349. The molecule has 0 radical (unpaired) electrons. The van der Waals surface area contributed by atoms with Gasteiger partial charge in [-0.15, -0.1) is 11.3 Å². The third kappa shape index (κ3) is 4.09. The van der Waals surface area contributed by atoms with Crippen molar-refractivity contribution in [3.8, 4) is 0 Å². The Morgan fingerprint density at radius 1 is 1.29 bits per heavy atom. The molecule has 0 aliphatic carbocycles. The first-order valence-electron chi connectivity index (χ1n) is 7.25. The van der Waals surface area contributed by atoms with Gasteiger partial charge in [0.05, 0.1) is 0 Å². The molecule has 0 saturated carbocycles. The summed E-state index contributed by atoms with van der Waals surface area (Å²) in [5.74, 6) is 0. The summed E-state index contributed by atoms with van der Waals surface area (Å²) < 4.78 is 1.16. The maximum atomic E-state index is 3.70. The summed E-state index contributed by atoms with van der Waals surface area (Å²) in [6.07, 6.45) is 1.08. The first-order chi connectivity index (χ1) is 10.0. The Morgan fingerprint density at radius 2 is 2.05 bits per heavy atom. The van der Waals surface area contributed by atoms with E-state index in [4.69, 9.17) is 0 Å². The van der Waals surface area contributed by atoms with Gasteiger partial charge < -0.3 is 10.2 Å². The van der Waals surface area contributed by atoms with Crippen LogP contribution in [0.4, 0.5) is 5.69 Å². The van der Waals surface area contributed by atoms with Gasteiger partial charge in [-0.05, 0) is 50.0 Å². The maximum absolute atomic E-state index is 3.70. The molecule has 0 saturated heterocycles. The Bertz CT molecular complexity index is 568. The van der Waals surface area contributed by atoms with E-state index >= 15 is 0 Å². The zero-order chi connectivity index (χ0) is 15.4. The lowest BCUT2D eigenvalue weighted by molar-refractivity contribution is 0.648. The first kappa shape index (κ1) is 16.5. The van der Waals surface area contributed by atoms with E-state index in [9.17, 15) is 0 Å². The minimum Gasteiger partial charge on any atom is -0.371 e. The number of nitrogens with zero attached hydrogens (tertiary/aromatic N) is 1. The smallest absolute Gasteiger partial charge is 0.0377 e. The highest BCUT2D eigenvalue weighted by atomic mass is 79.9. The number of likely N-dealkylation sites (N-methyl/N-ethyl adjacent to an activating group) is 1. The van der Waals surface area contributed by atoms with Crippen LogP contribution in [0.2, 0.25) is 0 Å². The highest BCUT2D eigenvalue weighted by Gasteiger charge is 2.14. The number of nitrogens with one attached hydrogen (secondary N) is 1. The summed E-state index contributed by atoms with van der Waals surface area (Å²) >= 11 is 5.53. The van der Waals surface area contributed by atoms with E-state index < -0.39 is 0 Å². The predicted octanol–water partition coefficient (Wildman–Crippen LogP) is 4.86. The SMILES string of the molecule is CNC(C)c1ccc(N(C)C(C)Cc2cccs2)cc1Br. The standard InChI is InChI=1S/C17H23BrN2S/c1-12(10-15-6-5-9-21-15)20(4)14-7-8-16(13(2)19-3)17(18)11-14/h5-9,11-13,19H,10H2,1-4H3. The van der Waals surface area contributed by atoms with Crippen LogP contribution in [-0.2, 0) is 6.42 Å². The van der Waals surface area contributed by atoms with Crippen LogP contribution >= 0.6 is 27.3 Å². The highest BCUT2D eigenvalue weighted by Crippen LogP contribution is 2.29. The molecule has 0 aliphatic heterocycles. The van der Waals surface area contributed by atoms with Crippen LogP contribution in [-0.4, -0.2) is 20.1 Å². The number of halogens is 1. The number of benzene rings is 1. The van der Waals surface area contributed by atoms with Gasteiger partial charge >= 0.3 is 0 Å². The van der Waals surface area contributed by atoms with Crippen LogP contribution in [0.1, 0.15) is 30.3 Å². The summed E-state index contributed by atoms with van der Waals surface area (Å²) in [4.78, 5) is 3.78. The van der Waals surface area contributed by atoms with Crippen LogP contribution in [0.25, 0.3) is 0 Å². The quantitative estimate of drug-likeness (QED) is 0.785. The van der Waals surface area contributed by atoms with Crippen LogP contribution in [0.5, 0.6) is 0 Å². The Morgan fingerprint density at radius 3 is 2.62 bits per heavy atom. The zero-order valence-corrected chi connectivity index (χ0v) is 15.5. The molecule has 21 heavy (non-hydrogen) atoms. The normalized spacial score (nSPS) is 14.0. The summed E-state index contributed by atoms with van der Waals surface area (Å²) in [6.45, 7) is 4.45. The molecule has 1 N–H and O–H groups in total. The van der Waals surface area contributed by atoms with E-state index in [0.29, 0.717) is 12.1 Å². The lowest BCUT2D eigenvalue weighted by Gasteiger charge is -2.27. The van der Waals surface area contributed by atoms with Crippen molar-refractivity contribution in [2.45, 2.75) is 32.4 Å². The van der Waals surface area contributed by atoms with E-state index in [1.165, 1.54) is 16.1 Å². The monoisotopic (exact) mass is 366 g/mol. The van der Waals surface area contributed by atoms with Crippen molar-refractivity contribution in [3.63, 3.8) is 0 Å². The number of thiophene rings is 1. The Labute approximate surface area is 140 Å². The second-order valence-corrected chi connectivity index (χ2v) is 7.35. The van der Waals surface area contributed by atoms with Gasteiger partial charge in [-0.1, -0.05) is 28.1 Å². The third-order valence-corrected chi connectivity index (χ3v) is 5.61. The number of anilines is 1. The maximum Gasteiger partial charge on any atom is 0.0377 e. The molecular weight excluding hydrogens is 344 g/mol. The van der Waals surface area contributed by atoms with Gasteiger partial charge in [-0.2, -0.15) is 0 Å². The molecule has 2 rings (SSSR count). The van der Waals surface area contributed by atoms with Crippen molar-refractivity contribution in [1.29, 1.82) is 0 Å². The van der Waals surface area contributed by atoms with E-state index in [1.807, 2.05) is 18.4 Å². The molecule has 2 unspecified atom stereocenters. The summed E-state index contributed by atoms with van der Waals surface area (Å²) in [5.41, 5.74) is 2.54. The molecule has 0 aliphatic rings. The van der Waals surface area contributed by atoms with Crippen molar-refractivity contribution < 1.29 is 0 Å². The van der Waals surface area contributed by atoms with Gasteiger partial charge in [-0.25, -0.2) is 0 Å². The van der Waals surface area contributed by atoms with Gasteiger partial charge in [0.2, 0.25) is 0 Å². The van der Waals surface area contributed by atoms with E-state index in [2.05, 4.69) is 82.8 Å². The molecule has 2 nitrogen and oxygen atoms in total. The molecule has 2 aromatic rings. The molecule has 1 heterocycles. The van der Waals surface area contributed by atoms with Crippen LogP contribution in [0.3, 0.4) is 0 Å². The Hall–Kier alpha value is -0.840. The van der Waals surface area contributed by atoms with E-state index in [0.717, 1.165) is 10.9 Å². The molecule has 4 heteroatoms. The van der Waals surface area contributed by atoms with Crippen molar-refractivity contribution in [2.75, 3.05) is 19.0 Å². The zero-order valence-electron chi connectivity index (χ0n) is 13.1. The molecule has 0 fully saturated rings. The second kappa shape index (κ2) is 7.43. The lowest BCUT2D eigenvalue weighted by atomic mass is 10.1. The van der Waals surface area contributed by atoms with E-state index in [-0.39, 0.29) is 0 Å². The largest absolute Gasteiger partial charge is 0.371 e. The molecule has 0 amide bonds.